The van der Waals surface area contributed by atoms with Crippen molar-refractivity contribution in [1.29, 1.82) is 0 Å². The number of hydrogen-bond acceptors (Lipinski definition) is 3. The van der Waals surface area contributed by atoms with Crippen LogP contribution in [0.4, 0.5) is 0 Å². The van der Waals surface area contributed by atoms with Crippen molar-refractivity contribution in [2.75, 3.05) is 13.1 Å². The average Bonchev–Trinajstić information content (AvgIpc) is 3.10. The summed E-state index contributed by atoms with van der Waals surface area (Å²) in [6.45, 7) is 3.37. The first-order valence-electron chi connectivity index (χ1n) is 6.93. The molecule has 0 radical (unpaired) electrons. The van der Waals surface area contributed by atoms with E-state index >= 15 is 0 Å². The van der Waals surface area contributed by atoms with E-state index in [9.17, 15) is 4.79 Å². The Hall–Kier alpha value is -2.17. The topological polar surface area (TPSA) is 61.9 Å². The summed E-state index contributed by atoms with van der Waals surface area (Å²) in [5.74, 6) is 0.690. The molecule has 5 nitrogen and oxygen atoms in total. The minimum atomic E-state index is 0.173. The summed E-state index contributed by atoms with van der Waals surface area (Å²) in [5.41, 5.74) is 2.93. The van der Waals surface area contributed by atoms with E-state index in [1.165, 1.54) is 0 Å². The van der Waals surface area contributed by atoms with Crippen LogP contribution >= 0.6 is 0 Å². The molecule has 0 spiro atoms. The molecule has 0 saturated carbocycles. The van der Waals surface area contributed by atoms with Crippen LogP contribution in [-0.2, 0) is 11.2 Å². The van der Waals surface area contributed by atoms with E-state index in [0.29, 0.717) is 5.92 Å². The van der Waals surface area contributed by atoms with Crippen molar-refractivity contribution < 1.29 is 4.79 Å². The van der Waals surface area contributed by atoms with Gasteiger partial charge in [0, 0.05) is 31.9 Å². The molecule has 5 heteroatoms. The van der Waals surface area contributed by atoms with Crippen molar-refractivity contribution in [2.24, 2.45) is 5.92 Å². The number of hydrogen-bond donors (Lipinski definition) is 1. The van der Waals surface area contributed by atoms with Crippen molar-refractivity contribution in [3.8, 4) is 11.4 Å². The molecule has 3 rings (SSSR count). The first kappa shape index (κ1) is 12.8. The predicted octanol–water partition coefficient (Wildman–Crippen LogP) is 1.88. The fraction of sp³-hybridized carbons (Fsp3) is 0.400. The number of carbonyl (C=O) groups excluding carboxylic acids is 1. The van der Waals surface area contributed by atoms with Crippen LogP contribution in [0.3, 0.4) is 0 Å². The Kier molecular flexibility index (Phi) is 3.50. The van der Waals surface area contributed by atoms with Crippen LogP contribution in [0.15, 0.2) is 30.5 Å². The summed E-state index contributed by atoms with van der Waals surface area (Å²) in [6, 6.07) is 7.97. The van der Waals surface area contributed by atoms with E-state index in [1.54, 1.807) is 13.1 Å². The van der Waals surface area contributed by atoms with Crippen molar-refractivity contribution in [1.82, 2.24) is 20.1 Å². The molecule has 0 bridgehead atoms. The van der Waals surface area contributed by atoms with Crippen LogP contribution in [0, 0.1) is 5.92 Å². The van der Waals surface area contributed by atoms with Gasteiger partial charge in [0.15, 0.2) is 0 Å². The van der Waals surface area contributed by atoms with Gasteiger partial charge in [0.1, 0.15) is 0 Å². The van der Waals surface area contributed by atoms with Crippen molar-refractivity contribution in [2.45, 2.75) is 19.8 Å². The summed E-state index contributed by atoms with van der Waals surface area (Å²) in [5, 5.41) is 6.88. The maximum atomic E-state index is 11.4. The monoisotopic (exact) mass is 270 g/mol. The molecule has 20 heavy (non-hydrogen) atoms. The number of H-pyrrole nitrogens is 1. The Balaban J connectivity index is 1.70. The van der Waals surface area contributed by atoms with Crippen LogP contribution in [0.5, 0.6) is 0 Å². The standard InChI is InChI=1S/C15H18N4O/c1-11(20)19-8-6-12(10-19)9-13-3-2-4-14(17-13)15-5-7-16-18-15/h2-5,7,12H,6,8-10H2,1H3,(H,16,18). The van der Waals surface area contributed by atoms with Crippen molar-refractivity contribution in [3.05, 3.63) is 36.2 Å². The van der Waals surface area contributed by atoms with E-state index < -0.39 is 0 Å². The fourth-order valence-electron chi connectivity index (χ4n) is 2.72. The lowest BCUT2D eigenvalue weighted by Gasteiger charge is -2.13. The number of rotatable bonds is 3. The highest BCUT2D eigenvalue weighted by atomic mass is 16.2. The number of nitrogens with zero attached hydrogens (tertiary/aromatic N) is 3. The Morgan fingerprint density at radius 1 is 1.45 bits per heavy atom. The first-order valence-corrected chi connectivity index (χ1v) is 6.93. The third-order valence-electron chi connectivity index (χ3n) is 3.81. The molecule has 1 aliphatic heterocycles. The quantitative estimate of drug-likeness (QED) is 0.926. The van der Waals surface area contributed by atoms with Crippen LogP contribution in [0.1, 0.15) is 19.0 Å². The second-order valence-corrected chi connectivity index (χ2v) is 5.31. The Labute approximate surface area is 118 Å². The first-order chi connectivity index (χ1) is 9.72. The number of carbonyl (C=O) groups is 1. The van der Waals surface area contributed by atoms with Gasteiger partial charge in [-0.1, -0.05) is 6.07 Å². The molecule has 1 aliphatic rings. The molecule has 0 aromatic carbocycles. The minimum absolute atomic E-state index is 0.173. The number of aromatic amines is 1. The normalized spacial score (nSPS) is 18.4. The lowest BCUT2D eigenvalue weighted by atomic mass is 10.0. The van der Waals surface area contributed by atoms with Gasteiger partial charge in [0.05, 0.1) is 11.4 Å². The average molecular weight is 270 g/mol. The van der Waals surface area contributed by atoms with E-state index in [-0.39, 0.29) is 5.91 Å². The van der Waals surface area contributed by atoms with Crippen molar-refractivity contribution >= 4 is 5.91 Å². The van der Waals surface area contributed by atoms with Crippen LogP contribution < -0.4 is 0 Å². The molecular formula is C15H18N4O. The van der Waals surface area contributed by atoms with Gasteiger partial charge in [-0.05, 0) is 37.0 Å². The number of pyridine rings is 1. The van der Waals surface area contributed by atoms with Gasteiger partial charge in [-0.3, -0.25) is 14.9 Å². The van der Waals surface area contributed by atoms with E-state index in [0.717, 1.165) is 43.0 Å². The predicted molar refractivity (Wildman–Crippen MR) is 75.9 cm³/mol. The third-order valence-corrected chi connectivity index (χ3v) is 3.81. The molecule has 1 atom stereocenters. The summed E-state index contributed by atoms with van der Waals surface area (Å²) >= 11 is 0. The second-order valence-electron chi connectivity index (χ2n) is 5.31. The molecule has 3 heterocycles. The fourth-order valence-corrected chi connectivity index (χ4v) is 2.72. The highest BCUT2D eigenvalue weighted by molar-refractivity contribution is 5.73. The minimum Gasteiger partial charge on any atom is -0.343 e. The van der Waals surface area contributed by atoms with E-state index in [1.807, 2.05) is 23.1 Å². The van der Waals surface area contributed by atoms with Crippen LogP contribution in [0.25, 0.3) is 11.4 Å². The maximum absolute atomic E-state index is 11.4. The summed E-state index contributed by atoms with van der Waals surface area (Å²) in [6.07, 6.45) is 3.71. The molecule has 1 N–H and O–H groups in total. The number of nitrogens with one attached hydrogen (secondary N) is 1. The molecule has 2 aromatic heterocycles. The Bertz CT molecular complexity index is 594. The molecule has 104 valence electrons. The van der Waals surface area contributed by atoms with E-state index in [4.69, 9.17) is 0 Å². The smallest absolute Gasteiger partial charge is 0.219 e. The molecule has 2 aromatic rings. The van der Waals surface area contributed by atoms with Gasteiger partial charge in [-0.25, -0.2) is 0 Å². The van der Waals surface area contributed by atoms with Crippen LogP contribution in [0.2, 0.25) is 0 Å². The lowest BCUT2D eigenvalue weighted by molar-refractivity contribution is -0.127. The number of amides is 1. The SMILES string of the molecule is CC(=O)N1CCC(Cc2cccc(-c3ccn[nH]3)n2)C1. The van der Waals surface area contributed by atoms with Gasteiger partial charge in [0.25, 0.3) is 0 Å². The highest BCUT2D eigenvalue weighted by Crippen LogP contribution is 2.21. The summed E-state index contributed by atoms with van der Waals surface area (Å²) in [4.78, 5) is 17.9. The summed E-state index contributed by atoms with van der Waals surface area (Å²) < 4.78 is 0. The zero-order chi connectivity index (χ0) is 13.9. The van der Waals surface area contributed by atoms with Crippen LogP contribution in [-0.4, -0.2) is 39.1 Å². The maximum Gasteiger partial charge on any atom is 0.219 e. The molecule has 1 fully saturated rings. The van der Waals surface area contributed by atoms with E-state index in [2.05, 4.69) is 21.2 Å². The third kappa shape index (κ3) is 2.71. The van der Waals surface area contributed by atoms with Gasteiger partial charge >= 0.3 is 0 Å². The second kappa shape index (κ2) is 5.45. The Morgan fingerprint density at radius 3 is 3.05 bits per heavy atom. The van der Waals surface area contributed by atoms with Gasteiger partial charge < -0.3 is 4.90 Å². The van der Waals surface area contributed by atoms with Gasteiger partial charge in [-0.15, -0.1) is 0 Å². The van der Waals surface area contributed by atoms with Gasteiger partial charge in [-0.2, -0.15) is 5.10 Å². The Morgan fingerprint density at radius 2 is 2.35 bits per heavy atom. The van der Waals surface area contributed by atoms with Gasteiger partial charge in [0.2, 0.25) is 5.91 Å². The molecule has 1 saturated heterocycles. The molecule has 1 amide bonds. The summed E-state index contributed by atoms with van der Waals surface area (Å²) in [7, 11) is 0. The molecular weight excluding hydrogens is 252 g/mol. The largest absolute Gasteiger partial charge is 0.343 e. The highest BCUT2D eigenvalue weighted by Gasteiger charge is 2.24. The molecule has 1 unspecified atom stereocenters. The van der Waals surface area contributed by atoms with Crippen molar-refractivity contribution in [3.63, 3.8) is 0 Å². The number of likely N-dealkylation sites (tertiary alicyclic amines) is 1. The zero-order valence-corrected chi connectivity index (χ0v) is 11.5. The molecule has 0 aliphatic carbocycles. The number of aromatic nitrogens is 3. The lowest BCUT2D eigenvalue weighted by Crippen LogP contribution is -2.26. The zero-order valence-electron chi connectivity index (χ0n) is 11.5.